The molecule has 1 aromatic carbocycles. The number of ether oxygens (including phenoxy) is 1. The van der Waals surface area contributed by atoms with Crippen LogP contribution in [0.25, 0.3) is 11.0 Å². The minimum atomic E-state index is -0.545. The summed E-state index contributed by atoms with van der Waals surface area (Å²) in [5, 5.41) is 6.47. The third-order valence-corrected chi connectivity index (χ3v) is 3.76. The molecule has 0 bridgehead atoms. The Morgan fingerprint density at radius 2 is 1.88 bits per heavy atom. The van der Waals surface area contributed by atoms with Crippen molar-refractivity contribution in [3.8, 4) is 0 Å². The van der Waals surface area contributed by atoms with Crippen molar-refractivity contribution in [1.82, 2.24) is 10.6 Å². The van der Waals surface area contributed by atoms with Crippen LogP contribution >= 0.6 is 0 Å². The lowest BCUT2D eigenvalue weighted by Gasteiger charge is -2.19. The number of fused-ring (bicyclic) bond motifs is 1. The standard InChI is InChI=1S/C20H26N2O4/c1-12(2)18(23)21-11-16-13(3)17-14(8-7-9-15(17)25-16)10-22-19(24)26-20(4,5)6/h7-9H,1,10-11H2,2-6H3,(H,21,23)(H,22,24). The van der Waals surface area contributed by atoms with Crippen LogP contribution in [0.4, 0.5) is 4.79 Å². The van der Waals surface area contributed by atoms with Gasteiger partial charge in [-0.15, -0.1) is 0 Å². The first kappa shape index (κ1) is 19.6. The van der Waals surface area contributed by atoms with E-state index in [-0.39, 0.29) is 12.5 Å². The zero-order valence-electron chi connectivity index (χ0n) is 16.0. The van der Waals surface area contributed by atoms with Crippen molar-refractivity contribution in [1.29, 1.82) is 0 Å². The average molecular weight is 358 g/mol. The predicted octanol–water partition coefficient (Wildman–Crippen LogP) is 3.96. The molecule has 2 aromatic rings. The summed E-state index contributed by atoms with van der Waals surface area (Å²) in [5.41, 5.74) is 2.47. The molecule has 6 nitrogen and oxygen atoms in total. The van der Waals surface area contributed by atoms with E-state index >= 15 is 0 Å². The monoisotopic (exact) mass is 358 g/mol. The van der Waals surface area contributed by atoms with Crippen molar-refractivity contribution in [2.45, 2.75) is 53.3 Å². The fourth-order valence-corrected chi connectivity index (χ4v) is 2.54. The van der Waals surface area contributed by atoms with Gasteiger partial charge in [-0.3, -0.25) is 4.79 Å². The number of alkyl carbamates (subject to hydrolysis) is 1. The number of hydrogen-bond acceptors (Lipinski definition) is 4. The highest BCUT2D eigenvalue weighted by Crippen LogP contribution is 2.28. The van der Waals surface area contributed by atoms with Gasteiger partial charge in [0, 0.05) is 23.1 Å². The number of aryl methyl sites for hydroxylation is 1. The van der Waals surface area contributed by atoms with E-state index in [4.69, 9.17) is 9.15 Å². The second kappa shape index (κ2) is 7.64. The van der Waals surface area contributed by atoms with Crippen LogP contribution in [0.15, 0.2) is 34.8 Å². The maximum atomic E-state index is 11.9. The van der Waals surface area contributed by atoms with Crippen molar-refractivity contribution >= 4 is 23.0 Å². The first-order valence-corrected chi connectivity index (χ1v) is 8.49. The van der Waals surface area contributed by atoms with Gasteiger partial charge in [-0.1, -0.05) is 18.7 Å². The topological polar surface area (TPSA) is 80.6 Å². The molecular formula is C20H26N2O4. The van der Waals surface area contributed by atoms with E-state index in [0.29, 0.717) is 23.5 Å². The number of hydrogen-bond donors (Lipinski definition) is 2. The predicted molar refractivity (Wildman–Crippen MR) is 101 cm³/mol. The highest BCUT2D eigenvalue weighted by Gasteiger charge is 2.18. The van der Waals surface area contributed by atoms with E-state index in [0.717, 1.165) is 16.5 Å². The molecule has 0 fully saturated rings. The summed E-state index contributed by atoms with van der Waals surface area (Å²) in [7, 11) is 0. The largest absolute Gasteiger partial charge is 0.459 e. The second-order valence-electron chi connectivity index (χ2n) is 7.26. The van der Waals surface area contributed by atoms with E-state index in [9.17, 15) is 9.59 Å². The third-order valence-electron chi connectivity index (χ3n) is 3.76. The van der Waals surface area contributed by atoms with Crippen LogP contribution in [0.3, 0.4) is 0 Å². The Labute approximate surface area is 153 Å². The zero-order chi connectivity index (χ0) is 19.5. The number of benzene rings is 1. The summed E-state index contributed by atoms with van der Waals surface area (Å²) in [5.74, 6) is 0.469. The molecule has 1 heterocycles. The maximum Gasteiger partial charge on any atom is 0.407 e. The molecule has 0 spiro atoms. The number of carbonyl (C=O) groups excluding carboxylic acids is 2. The Morgan fingerprint density at radius 3 is 2.50 bits per heavy atom. The number of rotatable bonds is 5. The van der Waals surface area contributed by atoms with Gasteiger partial charge < -0.3 is 19.8 Å². The normalized spacial score (nSPS) is 11.3. The molecule has 6 heteroatoms. The van der Waals surface area contributed by atoms with E-state index in [2.05, 4.69) is 17.2 Å². The summed E-state index contributed by atoms with van der Waals surface area (Å²) in [4.78, 5) is 23.6. The Hall–Kier alpha value is -2.76. The first-order valence-electron chi connectivity index (χ1n) is 8.49. The van der Waals surface area contributed by atoms with Crippen LogP contribution in [-0.2, 0) is 22.6 Å². The molecular weight excluding hydrogens is 332 g/mol. The Balaban J connectivity index is 2.17. The lowest BCUT2D eigenvalue weighted by molar-refractivity contribution is -0.117. The molecule has 0 aliphatic rings. The van der Waals surface area contributed by atoms with Crippen LogP contribution in [0, 0.1) is 6.92 Å². The molecule has 26 heavy (non-hydrogen) atoms. The van der Waals surface area contributed by atoms with Crippen LogP contribution in [-0.4, -0.2) is 17.6 Å². The molecule has 0 unspecified atom stereocenters. The molecule has 0 saturated heterocycles. The fraction of sp³-hybridized carbons (Fsp3) is 0.400. The molecule has 1 aromatic heterocycles. The van der Waals surface area contributed by atoms with Gasteiger partial charge in [0.25, 0.3) is 0 Å². The number of furan rings is 1. The summed E-state index contributed by atoms with van der Waals surface area (Å²) in [6, 6.07) is 5.66. The van der Waals surface area contributed by atoms with Crippen LogP contribution < -0.4 is 10.6 Å². The lowest BCUT2D eigenvalue weighted by Crippen LogP contribution is -2.32. The van der Waals surface area contributed by atoms with Crippen molar-refractivity contribution < 1.29 is 18.7 Å². The van der Waals surface area contributed by atoms with Crippen molar-refractivity contribution in [3.05, 3.63) is 47.2 Å². The SMILES string of the molecule is C=C(C)C(=O)NCc1oc2cccc(CNC(=O)OC(C)(C)C)c2c1C. The summed E-state index contributed by atoms with van der Waals surface area (Å²) >= 11 is 0. The fourth-order valence-electron chi connectivity index (χ4n) is 2.54. The molecule has 2 N–H and O–H groups in total. The smallest absolute Gasteiger partial charge is 0.407 e. The van der Waals surface area contributed by atoms with Gasteiger partial charge in [0.05, 0.1) is 6.54 Å². The Morgan fingerprint density at radius 1 is 1.19 bits per heavy atom. The van der Waals surface area contributed by atoms with Gasteiger partial charge >= 0.3 is 6.09 Å². The van der Waals surface area contributed by atoms with Gasteiger partial charge in [0.15, 0.2) is 0 Å². The van der Waals surface area contributed by atoms with Crippen molar-refractivity contribution in [2.75, 3.05) is 0 Å². The molecule has 140 valence electrons. The molecule has 2 rings (SSSR count). The summed E-state index contributed by atoms with van der Waals surface area (Å²) in [6.45, 7) is 13.3. The Kier molecular flexibility index (Phi) is 5.75. The zero-order valence-corrected chi connectivity index (χ0v) is 16.0. The number of carbonyl (C=O) groups is 2. The van der Waals surface area contributed by atoms with Crippen LogP contribution in [0.2, 0.25) is 0 Å². The van der Waals surface area contributed by atoms with Gasteiger partial charge in [0.2, 0.25) is 5.91 Å². The molecule has 0 aliphatic heterocycles. The third kappa shape index (κ3) is 4.88. The van der Waals surface area contributed by atoms with Crippen LogP contribution in [0.1, 0.15) is 44.6 Å². The summed E-state index contributed by atoms with van der Waals surface area (Å²) < 4.78 is 11.1. The van der Waals surface area contributed by atoms with Crippen LogP contribution in [0.5, 0.6) is 0 Å². The Bertz CT molecular complexity index is 843. The van der Waals surface area contributed by atoms with Gasteiger partial charge in [-0.25, -0.2) is 4.79 Å². The minimum absolute atomic E-state index is 0.211. The quantitative estimate of drug-likeness (QED) is 0.793. The molecule has 2 amide bonds. The minimum Gasteiger partial charge on any atom is -0.459 e. The molecule has 0 saturated carbocycles. The van der Waals surface area contributed by atoms with Gasteiger partial charge in [-0.2, -0.15) is 0 Å². The van der Waals surface area contributed by atoms with E-state index < -0.39 is 11.7 Å². The van der Waals surface area contributed by atoms with Crippen molar-refractivity contribution in [2.24, 2.45) is 0 Å². The number of amides is 2. The molecule has 0 atom stereocenters. The molecule has 0 radical (unpaired) electrons. The van der Waals surface area contributed by atoms with E-state index in [1.165, 1.54) is 0 Å². The first-order chi connectivity index (χ1) is 12.1. The lowest BCUT2D eigenvalue weighted by atomic mass is 10.1. The van der Waals surface area contributed by atoms with Crippen molar-refractivity contribution in [3.63, 3.8) is 0 Å². The maximum absolute atomic E-state index is 11.9. The average Bonchev–Trinajstić information content (AvgIpc) is 2.85. The summed E-state index contributed by atoms with van der Waals surface area (Å²) in [6.07, 6.45) is -0.468. The van der Waals surface area contributed by atoms with E-state index in [1.807, 2.05) is 45.9 Å². The van der Waals surface area contributed by atoms with Gasteiger partial charge in [0.1, 0.15) is 16.9 Å². The molecule has 0 aliphatic carbocycles. The van der Waals surface area contributed by atoms with Gasteiger partial charge in [-0.05, 0) is 46.2 Å². The van der Waals surface area contributed by atoms with E-state index in [1.54, 1.807) is 6.92 Å². The highest BCUT2D eigenvalue weighted by molar-refractivity contribution is 5.92. The number of nitrogens with one attached hydrogen (secondary N) is 2. The second-order valence-corrected chi connectivity index (χ2v) is 7.26. The highest BCUT2D eigenvalue weighted by atomic mass is 16.6.